The van der Waals surface area contributed by atoms with E-state index in [0.29, 0.717) is 0 Å². The fourth-order valence-corrected chi connectivity index (χ4v) is 3.04. The van der Waals surface area contributed by atoms with Crippen molar-refractivity contribution >= 4 is 11.5 Å². The molecule has 0 unspecified atom stereocenters. The molecule has 0 atom stereocenters. The van der Waals surface area contributed by atoms with Crippen molar-refractivity contribution in [3.8, 4) is 6.07 Å². The SMILES string of the molecule is CN1C(=CC(=O)Cn2cnc(C#N)n2)C(C)(C)c2ccccc21. The summed E-state index contributed by atoms with van der Waals surface area (Å²) >= 11 is 0. The number of aromatic nitrogens is 3. The number of nitriles is 1. The molecule has 23 heavy (non-hydrogen) atoms. The van der Waals surface area contributed by atoms with Gasteiger partial charge in [-0.15, -0.1) is 5.10 Å². The Morgan fingerprint density at radius 2 is 2.13 bits per heavy atom. The number of ketones is 1. The maximum absolute atomic E-state index is 12.4. The molecule has 0 N–H and O–H groups in total. The van der Waals surface area contributed by atoms with Gasteiger partial charge in [0, 0.05) is 29.9 Å². The molecular weight excluding hydrogens is 290 g/mol. The van der Waals surface area contributed by atoms with E-state index in [1.807, 2.05) is 25.2 Å². The van der Waals surface area contributed by atoms with E-state index in [1.165, 1.54) is 16.6 Å². The molecule has 1 aromatic heterocycles. The second kappa shape index (κ2) is 5.36. The first-order valence-corrected chi connectivity index (χ1v) is 7.31. The Morgan fingerprint density at radius 1 is 1.39 bits per heavy atom. The van der Waals surface area contributed by atoms with Crippen molar-refractivity contribution in [2.24, 2.45) is 0 Å². The predicted octanol–water partition coefficient (Wildman–Crippen LogP) is 2.03. The molecule has 0 fully saturated rings. The van der Waals surface area contributed by atoms with Crippen LogP contribution in [0.25, 0.3) is 0 Å². The van der Waals surface area contributed by atoms with Gasteiger partial charge in [0.15, 0.2) is 5.78 Å². The number of para-hydroxylation sites is 1. The van der Waals surface area contributed by atoms with Crippen molar-refractivity contribution in [3.05, 3.63) is 53.8 Å². The maximum Gasteiger partial charge on any atom is 0.252 e. The average molecular weight is 307 g/mol. The third-order valence-electron chi connectivity index (χ3n) is 4.19. The van der Waals surface area contributed by atoms with Gasteiger partial charge in [-0.25, -0.2) is 9.67 Å². The van der Waals surface area contributed by atoms with Crippen molar-refractivity contribution in [2.75, 3.05) is 11.9 Å². The number of nitrogens with zero attached hydrogens (tertiary/aromatic N) is 5. The number of fused-ring (bicyclic) bond motifs is 1. The first-order valence-electron chi connectivity index (χ1n) is 7.31. The van der Waals surface area contributed by atoms with Gasteiger partial charge in [-0.1, -0.05) is 32.0 Å². The Morgan fingerprint density at radius 3 is 2.78 bits per heavy atom. The zero-order valence-electron chi connectivity index (χ0n) is 13.3. The van der Waals surface area contributed by atoms with E-state index in [9.17, 15) is 4.79 Å². The van der Waals surface area contributed by atoms with Crippen molar-refractivity contribution in [3.63, 3.8) is 0 Å². The van der Waals surface area contributed by atoms with Crippen LogP contribution in [0, 0.1) is 11.3 Å². The first kappa shape index (κ1) is 15.0. The summed E-state index contributed by atoms with van der Waals surface area (Å²) in [5.74, 6) is -0.0155. The van der Waals surface area contributed by atoms with E-state index in [0.717, 1.165) is 11.4 Å². The van der Waals surface area contributed by atoms with Crippen LogP contribution in [0.1, 0.15) is 25.2 Å². The van der Waals surface area contributed by atoms with Crippen molar-refractivity contribution in [1.82, 2.24) is 14.8 Å². The summed E-state index contributed by atoms with van der Waals surface area (Å²) < 4.78 is 1.38. The third kappa shape index (κ3) is 2.50. The number of anilines is 1. The minimum Gasteiger partial charge on any atom is -0.347 e. The van der Waals surface area contributed by atoms with Crippen LogP contribution in [-0.4, -0.2) is 27.6 Å². The zero-order chi connectivity index (χ0) is 16.6. The zero-order valence-corrected chi connectivity index (χ0v) is 13.3. The lowest BCUT2D eigenvalue weighted by atomic mass is 9.83. The van der Waals surface area contributed by atoms with Gasteiger partial charge in [-0.05, 0) is 11.6 Å². The third-order valence-corrected chi connectivity index (χ3v) is 4.19. The molecule has 0 saturated heterocycles. The fourth-order valence-electron chi connectivity index (χ4n) is 3.04. The molecule has 3 rings (SSSR count). The summed E-state index contributed by atoms with van der Waals surface area (Å²) in [4.78, 5) is 18.2. The Labute approximate surface area is 134 Å². The van der Waals surface area contributed by atoms with Crippen LogP contribution < -0.4 is 4.90 Å². The van der Waals surface area contributed by atoms with Crippen molar-refractivity contribution in [2.45, 2.75) is 25.8 Å². The molecular formula is C17H17N5O. The topological polar surface area (TPSA) is 74.8 Å². The lowest BCUT2D eigenvalue weighted by Gasteiger charge is -2.23. The van der Waals surface area contributed by atoms with Crippen LogP contribution in [0.3, 0.4) is 0 Å². The van der Waals surface area contributed by atoms with E-state index in [-0.39, 0.29) is 23.6 Å². The van der Waals surface area contributed by atoms with Crippen molar-refractivity contribution < 1.29 is 4.79 Å². The number of hydrogen-bond acceptors (Lipinski definition) is 5. The number of likely N-dealkylation sites (N-methyl/N-ethyl adjacent to an activating group) is 1. The molecule has 116 valence electrons. The summed E-state index contributed by atoms with van der Waals surface area (Å²) in [5.41, 5.74) is 3.03. The molecule has 6 nitrogen and oxygen atoms in total. The lowest BCUT2D eigenvalue weighted by Crippen LogP contribution is -2.24. The van der Waals surface area contributed by atoms with Crippen LogP contribution in [0.15, 0.2) is 42.4 Å². The van der Waals surface area contributed by atoms with Gasteiger partial charge >= 0.3 is 0 Å². The number of hydrogen-bond donors (Lipinski definition) is 0. The molecule has 0 bridgehead atoms. The van der Waals surface area contributed by atoms with Crippen LogP contribution in [0.4, 0.5) is 5.69 Å². The molecule has 2 heterocycles. The Bertz CT molecular complexity index is 841. The van der Waals surface area contributed by atoms with Gasteiger partial charge in [0.05, 0.1) is 0 Å². The molecule has 0 aliphatic carbocycles. The Balaban J connectivity index is 1.88. The predicted molar refractivity (Wildman–Crippen MR) is 85.7 cm³/mol. The van der Waals surface area contributed by atoms with Crippen LogP contribution >= 0.6 is 0 Å². The molecule has 0 radical (unpaired) electrons. The standard InChI is InChI=1S/C17H17N5O/c1-17(2)13-6-4-5-7-14(13)21(3)15(17)8-12(23)10-22-11-19-16(9-18)20-22/h4-8,11H,10H2,1-3H3. The quantitative estimate of drug-likeness (QED) is 0.811. The molecule has 0 amide bonds. The Hall–Kier alpha value is -2.94. The number of rotatable bonds is 3. The summed E-state index contributed by atoms with van der Waals surface area (Å²) in [6.45, 7) is 4.29. The minimum absolute atomic E-state index is 0.0659. The highest BCUT2D eigenvalue weighted by Crippen LogP contribution is 2.46. The molecule has 2 aromatic rings. The fraction of sp³-hybridized carbons (Fsp3) is 0.294. The van der Waals surface area contributed by atoms with E-state index in [1.54, 1.807) is 6.08 Å². The number of carbonyl (C=O) groups is 1. The molecule has 6 heteroatoms. The minimum atomic E-state index is -0.235. The molecule has 0 saturated carbocycles. The van der Waals surface area contributed by atoms with Crippen molar-refractivity contribution in [1.29, 1.82) is 5.26 Å². The second-order valence-electron chi connectivity index (χ2n) is 6.07. The van der Waals surface area contributed by atoms with E-state index in [2.05, 4.69) is 41.0 Å². The molecule has 1 aromatic carbocycles. The van der Waals surface area contributed by atoms with E-state index in [4.69, 9.17) is 5.26 Å². The Kier molecular flexibility index (Phi) is 3.49. The number of allylic oxidation sites excluding steroid dienone is 2. The van der Waals surface area contributed by atoms with Gasteiger partial charge in [0.25, 0.3) is 5.82 Å². The summed E-state index contributed by atoms with van der Waals surface area (Å²) in [6.07, 6.45) is 3.06. The van der Waals surface area contributed by atoms with Gasteiger partial charge < -0.3 is 4.90 Å². The summed E-state index contributed by atoms with van der Waals surface area (Å²) in [7, 11) is 1.97. The van der Waals surface area contributed by atoms with Crippen LogP contribution in [-0.2, 0) is 16.8 Å². The summed E-state index contributed by atoms with van der Waals surface area (Å²) in [5, 5.41) is 12.6. The lowest BCUT2D eigenvalue weighted by molar-refractivity contribution is -0.115. The number of carbonyl (C=O) groups excluding carboxylic acids is 1. The van der Waals surface area contributed by atoms with Crippen LogP contribution in [0.2, 0.25) is 0 Å². The maximum atomic E-state index is 12.4. The molecule has 1 aliphatic heterocycles. The van der Waals surface area contributed by atoms with Crippen LogP contribution in [0.5, 0.6) is 0 Å². The second-order valence-corrected chi connectivity index (χ2v) is 6.07. The highest BCUT2D eigenvalue weighted by Gasteiger charge is 2.38. The molecule has 0 spiro atoms. The average Bonchev–Trinajstić information content (AvgIpc) is 3.05. The largest absolute Gasteiger partial charge is 0.347 e. The van der Waals surface area contributed by atoms with E-state index < -0.39 is 0 Å². The van der Waals surface area contributed by atoms with Gasteiger partial charge in [-0.3, -0.25) is 4.79 Å². The van der Waals surface area contributed by atoms with E-state index >= 15 is 0 Å². The smallest absolute Gasteiger partial charge is 0.252 e. The normalized spacial score (nSPS) is 17.1. The first-order chi connectivity index (χ1) is 10.9. The monoisotopic (exact) mass is 307 g/mol. The van der Waals surface area contributed by atoms with Gasteiger partial charge in [0.2, 0.25) is 0 Å². The number of benzene rings is 1. The highest BCUT2D eigenvalue weighted by molar-refractivity contribution is 5.92. The van der Waals surface area contributed by atoms with Gasteiger partial charge in [0.1, 0.15) is 18.9 Å². The summed E-state index contributed by atoms with van der Waals surface area (Å²) in [6, 6.07) is 10.0. The van der Waals surface area contributed by atoms with Gasteiger partial charge in [-0.2, -0.15) is 5.26 Å². The highest BCUT2D eigenvalue weighted by atomic mass is 16.1. The molecule has 1 aliphatic rings.